The molecule has 0 aliphatic carbocycles. The van der Waals surface area contributed by atoms with E-state index in [0.717, 1.165) is 31.0 Å². The van der Waals surface area contributed by atoms with Crippen molar-refractivity contribution in [3.8, 4) is 5.75 Å². The predicted octanol–water partition coefficient (Wildman–Crippen LogP) is 0.399. The molecule has 26 heteroatoms. The normalized spacial score (nSPS) is 14.6. The van der Waals surface area contributed by atoms with Gasteiger partial charge in [-0.05, 0) is 91.0 Å². The van der Waals surface area contributed by atoms with Crippen LogP contribution in [0.15, 0.2) is 51.5 Å². The molecule has 2 amide bonds. The molecule has 0 aromatic heterocycles. The summed E-state index contributed by atoms with van der Waals surface area (Å²) in [5.41, 5.74) is 18.6. The van der Waals surface area contributed by atoms with E-state index in [1.807, 2.05) is 26.8 Å². The number of likely N-dealkylation sites (N-methyl/N-ethyl adjacent to an activating group) is 2. The summed E-state index contributed by atoms with van der Waals surface area (Å²) in [4.78, 5) is 37.1. The SMILES string of the molecule is CN[C@@H](CCCNC(N)=NC/C=C(/C)CCC=C(C)C)C(=O)N(C)[C@@H](CCCN=C(N)N)C(=O)N[C@H](C)[C@H](OS(=O)(=O)O)c1ccc(OS(=O)(=O)O)c(COS(=O)(=O)O)c1. The van der Waals surface area contributed by atoms with Crippen LogP contribution in [0.5, 0.6) is 5.75 Å². The maximum Gasteiger partial charge on any atom is 0.446 e. The van der Waals surface area contributed by atoms with Gasteiger partial charge in [-0.2, -0.15) is 25.3 Å². The van der Waals surface area contributed by atoms with E-state index in [9.17, 15) is 39.4 Å². The Bertz CT molecular complexity index is 2040. The Balaban J connectivity index is 3.28. The van der Waals surface area contributed by atoms with Crippen LogP contribution in [0.1, 0.15) is 83.5 Å². The Morgan fingerprint density at radius 2 is 1.60 bits per heavy atom. The van der Waals surface area contributed by atoms with Crippen LogP contribution in [0, 0.1) is 0 Å². The molecule has 0 aliphatic rings. The van der Waals surface area contributed by atoms with E-state index in [4.69, 9.17) is 30.5 Å². The van der Waals surface area contributed by atoms with Gasteiger partial charge in [-0.3, -0.25) is 28.2 Å². The molecule has 4 atom stereocenters. The van der Waals surface area contributed by atoms with Crippen LogP contribution in [-0.4, -0.2) is 119 Å². The van der Waals surface area contributed by atoms with Gasteiger partial charge in [-0.1, -0.05) is 29.4 Å². The number of carbonyl (C=O) groups excluding carboxylic acids is 2. The minimum atomic E-state index is -5.28. The van der Waals surface area contributed by atoms with Gasteiger partial charge in [-0.15, -0.1) is 0 Å². The maximum atomic E-state index is 13.9. The molecule has 60 heavy (non-hydrogen) atoms. The van der Waals surface area contributed by atoms with E-state index < -0.39 is 85.2 Å². The van der Waals surface area contributed by atoms with E-state index in [1.165, 1.54) is 30.0 Å². The fraction of sp³-hybridized carbons (Fsp3) is 0.588. The second kappa shape index (κ2) is 25.4. The van der Waals surface area contributed by atoms with Crippen LogP contribution in [0.2, 0.25) is 0 Å². The number of hydrogen-bond donors (Lipinski definition) is 9. The number of amides is 2. The summed E-state index contributed by atoms with van der Waals surface area (Å²) in [6, 6.07) is -0.580. The van der Waals surface area contributed by atoms with Gasteiger partial charge in [0.25, 0.3) is 0 Å². The number of aliphatic imine (C=N–C) groups is 2. The molecule has 0 fully saturated rings. The summed E-state index contributed by atoms with van der Waals surface area (Å²) >= 11 is 0. The van der Waals surface area contributed by atoms with Gasteiger partial charge in [-0.25, -0.2) is 13.4 Å². The van der Waals surface area contributed by atoms with Crippen molar-refractivity contribution >= 4 is 54.9 Å². The fourth-order valence-electron chi connectivity index (χ4n) is 5.53. The molecule has 0 radical (unpaired) electrons. The van der Waals surface area contributed by atoms with Gasteiger partial charge in [0.15, 0.2) is 17.7 Å². The van der Waals surface area contributed by atoms with Crippen LogP contribution in [0.4, 0.5) is 0 Å². The minimum absolute atomic E-state index is 0.00798. The second-order valence-electron chi connectivity index (χ2n) is 13.7. The lowest BCUT2D eigenvalue weighted by atomic mass is 9.99. The van der Waals surface area contributed by atoms with Crippen molar-refractivity contribution < 1.29 is 61.0 Å². The predicted molar refractivity (Wildman–Crippen MR) is 223 cm³/mol. The average Bonchev–Trinajstić information content (AvgIpc) is 3.11. The van der Waals surface area contributed by atoms with Crippen molar-refractivity contribution in [3.05, 3.63) is 52.6 Å². The summed E-state index contributed by atoms with van der Waals surface area (Å²) in [5, 5.41) is 8.52. The summed E-state index contributed by atoms with van der Waals surface area (Å²) in [5.74, 6) is -1.96. The quantitative estimate of drug-likeness (QED) is 0.0190. The molecule has 0 heterocycles. The van der Waals surface area contributed by atoms with E-state index in [-0.39, 0.29) is 36.9 Å². The standard InChI is InChI=1S/C34H59N9O14S3/c1-22(2)10-7-11-23(3)16-19-41-34(37)40-18-8-12-27(38-5)32(45)43(6)28(13-9-17-39-33(35)36)31(44)42-24(4)30(57-60(52,53)54)25-14-15-29(56-59(49,50)51)26(20-25)21-55-58(46,47)48/h10,14-16,20,24,27-28,30,38H,7-9,11-13,17-19,21H2,1-6H3,(H,42,44)(H4,35,36,39)(H3,37,40,41)(H,46,47,48)(H,49,50,51)(H,52,53,54)/b23-16-/t24-,27+,28+,30+/m1/s1. The largest absolute Gasteiger partial charge is 0.446 e. The first-order valence-corrected chi connectivity index (χ1v) is 22.5. The molecule has 12 N–H and O–H groups in total. The lowest BCUT2D eigenvalue weighted by molar-refractivity contribution is -0.141. The zero-order valence-corrected chi connectivity index (χ0v) is 36.8. The van der Waals surface area contributed by atoms with Gasteiger partial charge >= 0.3 is 31.2 Å². The fourth-order valence-corrected chi connectivity index (χ4v) is 6.73. The monoisotopic (exact) mass is 913 g/mol. The van der Waals surface area contributed by atoms with E-state index >= 15 is 0 Å². The van der Waals surface area contributed by atoms with Crippen molar-refractivity contribution in [3.63, 3.8) is 0 Å². The number of rotatable bonds is 27. The number of carbonyl (C=O) groups is 2. The molecule has 23 nitrogen and oxygen atoms in total. The Morgan fingerprint density at radius 3 is 2.17 bits per heavy atom. The third-order valence-corrected chi connectivity index (χ3v) is 9.74. The molecule has 0 spiro atoms. The molecule has 1 aromatic carbocycles. The summed E-state index contributed by atoms with van der Waals surface area (Å²) in [7, 11) is -12.6. The molecule has 0 saturated heterocycles. The number of allylic oxidation sites excluding steroid dienone is 3. The maximum absolute atomic E-state index is 13.9. The topological polar surface area (TPSA) is 367 Å². The molecule has 0 saturated carbocycles. The summed E-state index contributed by atoms with van der Waals surface area (Å²) in [6.45, 7) is 7.17. The first-order valence-electron chi connectivity index (χ1n) is 18.4. The van der Waals surface area contributed by atoms with Gasteiger partial charge in [0.05, 0.1) is 25.2 Å². The zero-order chi connectivity index (χ0) is 45.8. The highest BCUT2D eigenvalue weighted by Crippen LogP contribution is 2.30. The smallest absolute Gasteiger partial charge is 0.370 e. The van der Waals surface area contributed by atoms with Crippen LogP contribution in [0.3, 0.4) is 0 Å². The number of nitrogens with zero attached hydrogens (tertiary/aromatic N) is 3. The Kier molecular flexibility index (Phi) is 22.7. The van der Waals surface area contributed by atoms with E-state index in [1.54, 1.807) is 7.05 Å². The number of hydrogen-bond acceptors (Lipinski definition) is 14. The van der Waals surface area contributed by atoms with Crippen molar-refractivity contribution in [2.45, 2.75) is 97.1 Å². The Hall–Kier alpha value is -4.41. The number of benzene rings is 1. The van der Waals surface area contributed by atoms with Crippen molar-refractivity contribution in [1.29, 1.82) is 0 Å². The van der Waals surface area contributed by atoms with Gasteiger partial charge in [0, 0.05) is 25.7 Å². The van der Waals surface area contributed by atoms with Gasteiger partial charge in [0.2, 0.25) is 11.8 Å². The lowest BCUT2D eigenvalue weighted by Crippen LogP contribution is -2.55. The average molecular weight is 914 g/mol. The lowest BCUT2D eigenvalue weighted by Gasteiger charge is -2.32. The number of nitrogens with two attached hydrogens (primary N) is 3. The molecular formula is C34H59N9O14S3. The third kappa shape index (κ3) is 22.8. The Labute approximate surface area is 352 Å². The molecular weight excluding hydrogens is 855 g/mol. The van der Waals surface area contributed by atoms with Crippen molar-refractivity contribution in [2.75, 3.05) is 33.7 Å². The first kappa shape index (κ1) is 53.6. The van der Waals surface area contributed by atoms with E-state index in [2.05, 4.69) is 40.4 Å². The Morgan fingerprint density at radius 1 is 0.933 bits per heavy atom. The minimum Gasteiger partial charge on any atom is -0.370 e. The van der Waals surface area contributed by atoms with Gasteiger partial charge < -0.3 is 42.2 Å². The number of nitrogens with one attached hydrogen (secondary N) is 3. The first-order chi connectivity index (χ1) is 27.7. The van der Waals surface area contributed by atoms with Gasteiger partial charge in [0.1, 0.15) is 12.1 Å². The summed E-state index contributed by atoms with van der Waals surface area (Å²) in [6.07, 6.45) is 5.21. The van der Waals surface area contributed by atoms with Crippen molar-refractivity contribution in [2.24, 2.45) is 27.2 Å². The van der Waals surface area contributed by atoms with Crippen LogP contribution < -0.4 is 37.3 Å². The second-order valence-corrected chi connectivity index (χ2v) is 16.9. The molecule has 342 valence electrons. The molecule has 0 unspecified atom stereocenters. The molecule has 1 rings (SSSR count). The third-order valence-electron chi connectivity index (χ3n) is 8.48. The number of guanidine groups is 2. The molecule has 0 aliphatic heterocycles. The summed E-state index contributed by atoms with van der Waals surface area (Å²) < 4.78 is 111. The molecule has 1 aromatic rings. The van der Waals surface area contributed by atoms with Crippen LogP contribution >= 0.6 is 0 Å². The van der Waals surface area contributed by atoms with Crippen LogP contribution in [-0.2, 0) is 55.8 Å². The van der Waals surface area contributed by atoms with E-state index in [0.29, 0.717) is 25.9 Å². The van der Waals surface area contributed by atoms with Crippen molar-refractivity contribution in [1.82, 2.24) is 20.9 Å². The zero-order valence-electron chi connectivity index (χ0n) is 34.4. The highest BCUT2D eigenvalue weighted by Gasteiger charge is 2.34. The highest BCUT2D eigenvalue weighted by atomic mass is 32.3. The highest BCUT2D eigenvalue weighted by molar-refractivity contribution is 7.81. The molecule has 0 bridgehead atoms. The van der Waals surface area contributed by atoms with Crippen LogP contribution in [0.25, 0.3) is 0 Å².